The highest BCUT2D eigenvalue weighted by atomic mass is 32.2. The molecule has 1 saturated carbocycles. The molecule has 2 heterocycles. The second-order valence-corrected chi connectivity index (χ2v) is 12.3. The van der Waals surface area contributed by atoms with Gasteiger partial charge in [0.15, 0.2) is 16.3 Å². The van der Waals surface area contributed by atoms with Crippen molar-refractivity contribution in [3.63, 3.8) is 0 Å². The van der Waals surface area contributed by atoms with E-state index in [4.69, 9.17) is 14.2 Å². The first-order chi connectivity index (χ1) is 16.9. The summed E-state index contributed by atoms with van der Waals surface area (Å²) in [7, 11) is 1.37. The Balaban J connectivity index is 1.51. The SMILES string of the molecule is CCCCCC(C)(C/C=C/[C@@H]1CC[C@H](O)[C@@H]1CCSc1nc(C(=O)OC)cs1)OC1CCCCO1. The number of aliphatic hydroxyl groups is 1. The summed E-state index contributed by atoms with van der Waals surface area (Å²) >= 11 is 3.12. The van der Waals surface area contributed by atoms with Crippen molar-refractivity contribution >= 4 is 29.1 Å². The minimum atomic E-state index is -0.398. The molecule has 2 unspecified atom stereocenters. The van der Waals surface area contributed by atoms with E-state index in [1.54, 1.807) is 17.1 Å². The largest absolute Gasteiger partial charge is 0.464 e. The molecule has 0 spiro atoms. The van der Waals surface area contributed by atoms with Crippen LogP contribution in [-0.2, 0) is 14.2 Å². The van der Waals surface area contributed by atoms with Crippen LogP contribution in [0.15, 0.2) is 21.9 Å². The molecule has 0 bridgehead atoms. The predicted octanol–water partition coefficient (Wildman–Crippen LogP) is 6.63. The average molecular weight is 526 g/mol. The highest BCUT2D eigenvalue weighted by molar-refractivity contribution is 8.01. The number of aliphatic hydroxyl groups excluding tert-OH is 1. The van der Waals surface area contributed by atoms with Crippen molar-refractivity contribution in [2.75, 3.05) is 19.5 Å². The smallest absolute Gasteiger partial charge is 0.357 e. The first-order valence-electron chi connectivity index (χ1n) is 13.2. The van der Waals surface area contributed by atoms with Crippen molar-refractivity contribution in [1.82, 2.24) is 4.98 Å². The number of ether oxygens (including phenoxy) is 3. The fourth-order valence-corrected chi connectivity index (χ4v) is 7.00. The molecule has 0 radical (unpaired) electrons. The summed E-state index contributed by atoms with van der Waals surface area (Å²) in [6.45, 7) is 5.27. The van der Waals surface area contributed by atoms with Gasteiger partial charge in [0.2, 0.25) is 0 Å². The van der Waals surface area contributed by atoms with Crippen LogP contribution in [0, 0.1) is 11.8 Å². The van der Waals surface area contributed by atoms with Gasteiger partial charge in [-0.3, -0.25) is 0 Å². The highest BCUT2D eigenvalue weighted by Crippen LogP contribution is 2.38. The van der Waals surface area contributed by atoms with Crippen LogP contribution in [0.2, 0.25) is 0 Å². The van der Waals surface area contributed by atoms with Gasteiger partial charge in [0.1, 0.15) is 0 Å². The van der Waals surface area contributed by atoms with Crippen LogP contribution >= 0.6 is 23.1 Å². The van der Waals surface area contributed by atoms with Crippen molar-refractivity contribution in [1.29, 1.82) is 0 Å². The Hall–Kier alpha value is -0.930. The van der Waals surface area contributed by atoms with Gasteiger partial charge in [-0.1, -0.05) is 50.1 Å². The van der Waals surface area contributed by atoms with E-state index in [-0.39, 0.29) is 23.9 Å². The van der Waals surface area contributed by atoms with Crippen LogP contribution in [-0.4, -0.2) is 53.5 Å². The van der Waals surface area contributed by atoms with Gasteiger partial charge in [-0.2, -0.15) is 0 Å². The third kappa shape index (κ3) is 9.15. The maximum Gasteiger partial charge on any atom is 0.357 e. The molecule has 1 saturated heterocycles. The molecule has 6 nitrogen and oxygen atoms in total. The van der Waals surface area contributed by atoms with Crippen molar-refractivity contribution in [2.24, 2.45) is 11.8 Å². The molecular formula is C27H43NO5S2. The van der Waals surface area contributed by atoms with Gasteiger partial charge in [-0.25, -0.2) is 9.78 Å². The Morgan fingerprint density at radius 2 is 2.20 bits per heavy atom. The van der Waals surface area contributed by atoms with Crippen LogP contribution in [0.25, 0.3) is 0 Å². The lowest BCUT2D eigenvalue weighted by molar-refractivity contribution is -0.221. The summed E-state index contributed by atoms with van der Waals surface area (Å²) in [6, 6.07) is 0. The zero-order valence-electron chi connectivity index (χ0n) is 21.6. The molecule has 1 aliphatic heterocycles. The molecule has 2 aliphatic rings. The number of esters is 1. The normalized spacial score (nSPS) is 26.7. The number of aromatic nitrogens is 1. The third-order valence-electron chi connectivity index (χ3n) is 7.19. The second kappa shape index (κ2) is 14.7. The molecule has 1 N–H and O–H groups in total. The molecule has 5 atom stereocenters. The first-order valence-corrected chi connectivity index (χ1v) is 15.1. The van der Waals surface area contributed by atoms with Gasteiger partial charge < -0.3 is 19.3 Å². The zero-order valence-corrected chi connectivity index (χ0v) is 23.2. The van der Waals surface area contributed by atoms with E-state index in [0.717, 1.165) is 61.6 Å². The maximum atomic E-state index is 11.6. The maximum absolute atomic E-state index is 11.6. The van der Waals surface area contributed by atoms with Crippen LogP contribution < -0.4 is 0 Å². The van der Waals surface area contributed by atoms with E-state index in [0.29, 0.717) is 11.6 Å². The minimum Gasteiger partial charge on any atom is -0.464 e. The molecule has 3 rings (SSSR count). The fraction of sp³-hybridized carbons (Fsp3) is 0.778. The summed E-state index contributed by atoms with van der Waals surface area (Å²) in [4.78, 5) is 16.0. The molecule has 1 aromatic rings. The number of hydrogen-bond acceptors (Lipinski definition) is 8. The summed E-state index contributed by atoms with van der Waals surface area (Å²) < 4.78 is 18.0. The molecule has 1 aliphatic carbocycles. The lowest BCUT2D eigenvalue weighted by atomic mass is 9.89. The average Bonchev–Trinajstić information content (AvgIpc) is 3.47. The minimum absolute atomic E-state index is 0.0765. The Labute approximate surface area is 219 Å². The Bertz CT molecular complexity index is 794. The molecule has 0 amide bonds. The van der Waals surface area contributed by atoms with E-state index >= 15 is 0 Å². The standard InChI is InChI=1S/C27H43NO5S2/c1-4-5-7-15-27(2,33-24-11-6-8-17-32-24)16-9-10-20-12-13-23(29)21(20)14-18-34-26-28-22(19-35-26)25(30)31-3/h9-10,19-21,23-24,29H,4-8,11-18H2,1-3H3/b10-9+/t20-,21-,23+,24?,27?/m1/s1. The number of thioether (sulfide) groups is 1. The van der Waals surface area contributed by atoms with Crippen molar-refractivity contribution in [3.8, 4) is 0 Å². The third-order valence-corrected chi connectivity index (χ3v) is 9.24. The number of thiazole rings is 1. The highest BCUT2D eigenvalue weighted by Gasteiger charge is 2.34. The summed E-state index contributed by atoms with van der Waals surface area (Å²) in [5, 5.41) is 12.4. The Morgan fingerprint density at radius 1 is 1.34 bits per heavy atom. The number of unbranched alkanes of at least 4 members (excludes halogenated alkanes) is 2. The van der Waals surface area contributed by atoms with Crippen LogP contribution in [0.3, 0.4) is 0 Å². The van der Waals surface area contributed by atoms with Crippen molar-refractivity contribution in [2.45, 2.75) is 107 Å². The molecule has 2 fully saturated rings. The number of carbonyl (C=O) groups is 1. The van der Waals surface area contributed by atoms with Crippen LogP contribution in [0.4, 0.5) is 0 Å². The second-order valence-electron chi connectivity index (χ2n) is 10.1. The van der Waals surface area contributed by atoms with Crippen LogP contribution in [0.5, 0.6) is 0 Å². The molecule has 35 heavy (non-hydrogen) atoms. The summed E-state index contributed by atoms with van der Waals surface area (Å²) in [6.07, 6.45) is 15.9. The quantitative estimate of drug-likeness (QED) is 0.126. The van der Waals surface area contributed by atoms with Gasteiger partial charge in [-0.15, -0.1) is 11.3 Å². The number of nitrogens with zero attached hydrogens (tertiary/aromatic N) is 1. The monoisotopic (exact) mass is 525 g/mol. The van der Waals surface area contributed by atoms with Gasteiger partial charge in [0, 0.05) is 17.7 Å². The Kier molecular flexibility index (Phi) is 12.0. The first kappa shape index (κ1) is 28.6. The number of rotatable bonds is 14. The predicted molar refractivity (Wildman–Crippen MR) is 142 cm³/mol. The molecule has 0 aromatic carbocycles. The topological polar surface area (TPSA) is 77.9 Å². The molecular weight excluding hydrogens is 482 g/mol. The summed E-state index contributed by atoms with van der Waals surface area (Å²) in [5.74, 6) is 1.12. The molecule has 198 valence electrons. The van der Waals surface area contributed by atoms with Gasteiger partial charge >= 0.3 is 5.97 Å². The van der Waals surface area contributed by atoms with E-state index in [1.807, 2.05) is 0 Å². The van der Waals surface area contributed by atoms with Crippen molar-refractivity contribution in [3.05, 3.63) is 23.2 Å². The van der Waals surface area contributed by atoms with Crippen molar-refractivity contribution < 1.29 is 24.1 Å². The number of allylic oxidation sites excluding steroid dienone is 1. The van der Waals surface area contributed by atoms with Gasteiger partial charge in [0.05, 0.1) is 18.8 Å². The van der Waals surface area contributed by atoms with Crippen LogP contribution in [0.1, 0.15) is 95.0 Å². The zero-order chi connectivity index (χ0) is 25.1. The van der Waals surface area contributed by atoms with Gasteiger partial charge in [-0.05, 0) is 70.1 Å². The number of carbonyl (C=O) groups excluding carboxylic acids is 1. The van der Waals surface area contributed by atoms with E-state index < -0.39 is 5.97 Å². The number of hydrogen-bond donors (Lipinski definition) is 1. The van der Waals surface area contributed by atoms with Gasteiger partial charge in [0.25, 0.3) is 0 Å². The van der Waals surface area contributed by atoms with E-state index in [1.165, 1.54) is 44.1 Å². The lowest BCUT2D eigenvalue weighted by Crippen LogP contribution is -2.36. The van der Waals surface area contributed by atoms with E-state index in [2.05, 4.69) is 31.0 Å². The Morgan fingerprint density at radius 3 is 2.94 bits per heavy atom. The number of methoxy groups -OCH3 is 1. The lowest BCUT2D eigenvalue weighted by Gasteiger charge is -2.35. The fourth-order valence-electron chi connectivity index (χ4n) is 5.10. The van der Waals surface area contributed by atoms with E-state index in [9.17, 15) is 9.90 Å². The molecule has 8 heteroatoms. The summed E-state index contributed by atoms with van der Waals surface area (Å²) in [5.41, 5.74) is 0.155. The molecule has 1 aromatic heterocycles.